The Morgan fingerprint density at radius 2 is 1.47 bits per heavy atom. The molecule has 0 aromatic carbocycles. The van der Waals surface area contributed by atoms with E-state index in [4.69, 9.17) is 0 Å². The Kier molecular flexibility index (Phi) is 5.11. The van der Waals surface area contributed by atoms with E-state index < -0.39 is 0 Å². The van der Waals surface area contributed by atoms with Gasteiger partial charge in [0.25, 0.3) is 0 Å². The summed E-state index contributed by atoms with van der Waals surface area (Å²) in [4.78, 5) is 0. The first kappa shape index (κ1) is 15.2. The normalized spacial score (nSPS) is 23.2. The lowest BCUT2D eigenvalue weighted by Crippen LogP contribution is -2.12. The van der Waals surface area contributed by atoms with Gasteiger partial charge in [-0.25, -0.2) is 0 Å². The quantitative estimate of drug-likeness (QED) is 0.602. The second kappa shape index (κ2) is 6.38. The molecule has 0 bridgehead atoms. The fraction of sp³-hybridized carbons (Fsp3) is 0.263. The van der Waals surface area contributed by atoms with Gasteiger partial charge in [-0.15, -0.1) is 0 Å². The minimum absolute atomic E-state index is 0.00954. The Labute approximate surface area is 117 Å². The molecular formula is C19H24. The number of hydrogen-bond donors (Lipinski definition) is 0. The molecule has 0 saturated heterocycles. The third-order valence-corrected chi connectivity index (χ3v) is 3.45. The Balaban J connectivity index is 3.66. The van der Waals surface area contributed by atoms with Crippen LogP contribution in [0.4, 0.5) is 0 Å². The highest BCUT2D eigenvalue weighted by Crippen LogP contribution is 2.51. The van der Waals surface area contributed by atoms with Gasteiger partial charge in [-0.2, -0.15) is 0 Å². The lowest BCUT2D eigenvalue weighted by Gasteiger charge is -2.23. The maximum absolute atomic E-state index is 3.84. The zero-order valence-corrected chi connectivity index (χ0v) is 12.5. The van der Waals surface area contributed by atoms with E-state index in [2.05, 4.69) is 70.4 Å². The van der Waals surface area contributed by atoms with Gasteiger partial charge < -0.3 is 0 Å². The van der Waals surface area contributed by atoms with Crippen molar-refractivity contribution in [2.75, 3.05) is 0 Å². The molecule has 0 saturated carbocycles. The van der Waals surface area contributed by atoms with E-state index in [9.17, 15) is 0 Å². The molecule has 0 radical (unpaired) electrons. The van der Waals surface area contributed by atoms with E-state index >= 15 is 0 Å². The molecular weight excluding hydrogens is 228 g/mol. The largest absolute Gasteiger partial charge is 0.0991 e. The third-order valence-electron chi connectivity index (χ3n) is 3.45. The highest BCUT2D eigenvalue weighted by molar-refractivity contribution is 5.68. The van der Waals surface area contributed by atoms with E-state index in [0.717, 1.165) is 0 Å². The van der Waals surface area contributed by atoms with Crippen LogP contribution in [0.15, 0.2) is 84.1 Å². The van der Waals surface area contributed by atoms with Gasteiger partial charge in [0.1, 0.15) is 0 Å². The van der Waals surface area contributed by atoms with Crippen LogP contribution < -0.4 is 0 Å². The van der Waals surface area contributed by atoms with Crippen molar-refractivity contribution >= 4 is 0 Å². The first-order chi connectivity index (χ1) is 9.04. The summed E-state index contributed by atoms with van der Waals surface area (Å²) in [5, 5.41) is 0. The minimum atomic E-state index is -0.00954. The molecule has 0 N–H and O–H groups in total. The molecule has 0 amide bonds. The smallest absolute Gasteiger partial charge is 0.0158 e. The first-order valence-corrected chi connectivity index (χ1v) is 6.71. The highest BCUT2D eigenvalue weighted by atomic mass is 14.4. The average Bonchev–Trinajstić information content (AvgIpc) is 2.54. The van der Waals surface area contributed by atoms with Crippen molar-refractivity contribution in [3.8, 4) is 0 Å². The standard InChI is InChI=1S/C19H24/c1-7-11-15-16(12-8-2)18(14-10-4)19(5,6)17(15)13-9-3/h7-14H,1,3H2,2,4-6H3/b12-8-,14-10-,15-11-,17-13+. The fourth-order valence-electron chi connectivity index (χ4n) is 2.63. The van der Waals surface area contributed by atoms with Crippen LogP contribution in [-0.4, -0.2) is 0 Å². The second-order valence-electron chi connectivity index (χ2n) is 5.08. The fourth-order valence-corrected chi connectivity index (χ4v) is 2.63. The van der Waals surface area contributed by atoms with E-state index in [0.29, 0.717) is 0 Å². The Bertz CT molecular complexity index is 514. The topological polar surface area (TPSA) is 0 Å². The van der Waals surface area contributed by atoms with Crippen LogP contribution in [0.3, 0.4) is 0 Å². The van der Waals surface area contributed by atoms with Gasteiger partial charge in [0, 0.05) is 5.41 Å². The Hall–Kier alpha value is -1.82. The molecule has 0 aliphatic heterocycles. The Morgan fingerprint density at radius 3 is 1.95 bits per heavy atom. The molecule has 0 aromatic heterocycles. The third kappa shape index (κ3) is 2.78. The summed E-state index contributed by atoms with van der Waals surface area (Å²) < 4.78 is 0. The molecule has 0 aromatic rings. The zero-order valence-electron chi connectivity index (χ0n) is 12.5. The van der Waals surface area contributed by atoms with Crippen molar-refractivity contribution in [1.29, 1.82) is 0 Å². The van der Waals surface area contributed by atoms with Crippen molar-refractivity contribution in [1.82, 2.24) is 0 Å². The molecule has 0 heteroatoms. The van der Waals surface area contributed by atoms with Gasteiger partial charge in [0.05, 0.1) is 0 Å². The lowest BCUT2D eigenvalue weighted by molar-refractivity contribution is 0.578. The summed E-state index contributed by atoms with van der Waals surface area (Å²) in [6.45, 7) is 16.3. The van der Waals surface area contributed by atoms with E-state index in [1.54, 1.807) is 0 Å². The SMILES string of the molecule is C=C/C=C1\C(=C/C=C)C(/C=C\C)=C(/C=C\C)C1(C)C. The summed E-state index contributed by atoms with van der Waals surface area (Å²) >= 11 is 0. The predicted molar refractivity (Wildman–Crippen MR) is 87.0 cm³/mol. The van der Waals surface area contributed by atoms with Gasteiger partial charge in [-0.1, -0.05) is 75.6 Å². The maximum atomic E-state index is 3.84. The van der Waals surface area contributed by atoms with Gasteiger partial charge in [0.15, 0.2) is 0 Å². The number of hydrogen-bond acceptors (Lipinski definition) is 0. The summed E-state index contributed by atoms with van der Waals surface area (Å²) in [7, 11) is 0. The lowest BCUT2D eigenvalue weighted by atomic mass is 9.80. The molecule has 0 spiro atoms. The minimum Gasteiger partial charge on any atom is -0.0991 e. The zero-order chi connectivity index (χ0) is 14.5. The molecule has 1 rings (SSSR count). The van der Waals surface area contributed by atoms with Gasteiger partial charge in [-0.05, 0) is 36.1 Å². The molecule has 0 unspecified atom stereocenters. The van der Waals surface area contributed by atoms with E-state index in [1.807, 2.05) is 19.1 Å². The van der Waals surface area contributed by atoms with Crippen molar-refractivity contribution in [3.05, 3.63) is 84.1 Å². The molecule has 0 heterocycles. The summed E-state index contributed by atoms with van der Waals surface area (Å²) in [5.41, 5.74) is 5.15. The van der Waals surface area contributed by atoms with Crippen LogP contribution in [0.5, 0.6) is 0 Å². The molecule has 19 heavy (non-hydrogen) atoms. The summed E-state index contributed by atoms with van der Waals surface area (Å²) in [6, 6.07) is 0. The average molecular weight is 252 g/mol. The van der Waals surface area contributed by atoms with Gasteiger partial charge in [-0.3, -0.25) is 0 Å². The molecule has 1 aliphatic rings. The molecule has 0 atom stereocenters. The van der Waals surface area contributed by atoms with Crippen molar-refractivity contribution in [2.24, 2.45) is 5.41 Å². The summed E-state index contributed by atoms with van der Waals surface area (Å²) in [5.74, 6) is 0. The highest BCUT2D eigenvalue weighted by Gasteiger charge is 2.37. The maximum Gasteiger partial charge on any atom is 0.0158 e. The number of rotatable bonds is 4. The van der Waals surface area contributed by atoms with Crippen LogP contribution in [0.1, 0.15) is 27.7 Å². The van der Waals surface area contributed by atoms with Crippen LogP contribution in [0.25, 0.3) is 0 Å². The second-order valence-corrected chi connectivity index (χ2v) is 5.08. The summed E-state index contributed by atoms with van der Waals surface area (Å²) in [6.07, 6.45) is 16.5. The predicted octanol–water partition coefficient (Wildman–Crippen LogP) is 5.70. The molecule has 100 valence electrons. The van der Waals surface area contributed by atoms with Crippen molar-refractivity contribution in [2.45, 2.75) is 27.7 Å². The van der Waals surface area contributed by atoms with E-state index in [-0.39, 0.29) is 5.41 Å². The van der Waals surface area contributed by atoms with Crippen LogP contribution in [-0.2, 0) is 0 Å². The molecule has 1 aliphatic carbocycles. The molecule has 0 fully saturated rings. The van der Waals surface area contributed by atoms with Crippen molar-refractivity contribution < 1.29 is 0 Å². The van der Waals surface area contributed by atoms with E-state index in [1.165, 1.54) is 22.3 Å². The number of allylic oxidation sites excluding steroid dienone is 12. The van der Waals surface area contributed by atoms with Gasteiger partial charge >= 0.3 is 0 Å². The van der Waals surface area contributed by atoms with Crippen LogP contribution >= 0.6 is 0 Å². The van der Waals surface area contributed by atoms with Crippen LogP contribution in [0.2, 0.25) is 0 Å². The first-order valence-electron chi connectivity index (χ1n) is 6.71. The Morgan fingerprint density at radius 1 is 0.895 bits per heavy atom. The monoisotopic (exact) mass is 252 g/mol. The van der Waals surface area contributed by atoms with Crippen molar-refractivity contribution in [3.63, 3.8) is 0 Å². The molecule has 0 nitrogen and oxygen atoms in total. The van der Waals surface area contributed by atoms with Gasteiger partial charge in [0.2, 0.25) is 0 Å². The van der Waals surface area contributed by atoms with Crippen LogP contribution in [0, 0.1) is 5.41 Å².